The molecule has 3 rings (SSSR count). The van der Waals surface area contributed by atoms with Crippen LogP contribution < -0.4 is 4.90 Å². The first kappa shape index (κ1) is 11.9. The van der Waals surface area contributed by atoms with E-state index in [1.54, 1.807) is 22.5 Å². The summed E-state index contributed by atoms with van der Waals surface area (Å²) in [5, 5.41) is 21.5. The molecule has 1 fully saturated rings. The second kappa shape index (κ2) is 4.18. The van der Waals surface area contributed by atoms with Gasteiger partial charge in [0.05, 0.1) is 0 Å². The van der Waals surface area contributed by atoms with E-state index in [0.717, 1.165) is 12.2 Å². The molecule has 1 aliphatic carbocycles. The molecule has 2 aromatic rings. The average Bonchev–Trinajstić information content (AvgIpc) is 2.93. The van der Waals surface area contributed by atoms with Crippen LogP contribution in [-0.4, -0.2) is 44.5 Å². The standard InChI is InChI=1S/C12H15N5O2/c1-7-5-8(7)12-14-13-9-3-4-10(15-17(9)12)16(2)6-11(18)19/h3-4,7-8H,5-6H2,1-2H3,(H,18,19). The van der Waals surface area contributed by atoms with Crippen LogP contribution in [0.5, 0.6) is 0 Å². The van der Waals surface area contributed by atoms with E-state index in [0.29, 0.717) is 23.3 Å². The van der Waals surface area contributed by atoms with Gasteiger partial charge in [-0.05, 0) is 24.5 Å². The van der Waals surface area contributed by atoms with Crippen molar-refractivity contribution in [3.05, 3.63) is 18.0 Å². The van der Waals surface area contributed by atoms with E-state index in [4.69, 9.17) is 5.11 Å². The zero-order valence-electron chi connectivity index (χ0n) is 10.8. The van der Waals surface area contributed by atoms with Crippen LogP contribution in [-0.2, 0) is 4.79 Å². The molecular weight excluding hydrogens is 246 g/mol. The third-order valence-corrected chi connectivity index (χ3v) is 3.48. The highest BCUT2D eigenvalue weighted by Crippen LogP contribution is 2.45. The van der Waals surface area contributed by atoms with Gasteiger partial charge in [0.15, 0.2) is 11.5 Å². The van der Waals surface area contributed by atoms with Crippen molar-refractivity contribution in [1.29, 1.82) is 0 Å². The molecule has 0 aliphatic heterocycles. The Morgan fingerprint density at radius 2 is 2.26 bits per heavy atom. The van der Waals surface area contributed by atoms with Gasteiger partial charge in [0.2, 0.25) is 0 Å². The Hall–Kier alpha value is -2.18. The molecule has 7 nitrogen and oxygen atoms in total. The molecule has 2 unspecified atom stereocenters. The predicted molar refractivity (Wildman–Crippen MR) is 68.2 cm³/mol. The first-order valence-corrected chi connectivity index (χ1v) is 6.21. The molecule has 1 N–H and O–H groups in total. The number of carboxylic acid groups (broad SMARTS) is 1. The minimum absolute atomic E-state index is 0.0875. The molecule has 2 heterocycles. The maximum Gasteiger partial charge on any atom is 0.323 e. The fourth-order valence-electron chi connectivity index (χ4n) is 2.20. The SMILES string of the molecule is CC1CC1c1nnc2ccc(N(C)CC(=O)O)nn12. The third kappa shape index (κ3) is 2.11. The normalized spacial score (nSPS) is 21.6. The zero-order valence-corrected chi connectivity index (χ0v) is 10.8. The summed E-state index contributed by atoms with van der Waals surface area (Å²) in [7, 11) is 1.70. The summed E-state index contributed by atoms with van der Waals surface area (Å²) in [6.45, 7) is 2.09. The molecule has 0 spiro atoms. The quantitative estimate of drug-likeness (QED) is 0.875. The molecule has 2 aromatic heterocycles. The lowest BCUT2D eigenvalue weighted by Crippen LogP contribution is -2.26. The molecular formula is C12H15N5O2. The monoisotopic (exact) mass is 261 g/mol. The van der Waals surface area contributed by atoms with E-state index < -0.39 is 5.97 Å². The van der Waals surface area contributed by atoms with Crippen LogP contribution in [0.4, 0.5) is 5.82 Å². The Morgan fingerprint density at radius 3 is 2.89 bits per heavy atom. The van der Waals surface area contributed by atoms with Crippen molar-refractivity contribution in [3.63, 3.8) is 0 Å². The lowest BCUT2D eigenvalue weighted by molar-refractivity contribution is -0.135. The van der Waals surface area contributed by atoms with Crippen molar-refractivity contribution in [2.75, 3.05) is 18.5 Å². The Morgan fingerprint density at radius 1 is 1.53 bits per heavy atom. The summed E-state index contributed by atoms with van der Waals surface area (Å²) in [6, 6.07) is 3.57. The lowest BCUT2D eigenvalue weighted by atomic mass is 10.3. The van der Waals surface area contributed by atoms with Crippen LogP contribution in [0.1, 0.15) is 25.1 Å². The van der Waals surface area contributed by atoms with Crippen LogP contribution in [0.3, 0.4) is 0 Å². The largest absolute Gasteiger partial charge is 0.480 e. The van der Waals surface area contributed by atoms with Crippen LogP contribution in [0, 0.1) is 5.92 Å². The van der Waals surface area contributed by atoms with Crippen molar-refractivity contribution >= 4 is 17.4 Å². The van der Waals surface area contributed by atoms with Gasteiger partial charge in [0.1, 0.15) is 12.4 Å². The summed E-state index contributed by atoms with van der Waals surface area (Å²) < 4.78 is 1.72. The van der Waals surface area contributed by atoms with E-state index >= 15 is 0 Å². The number of nitrogens with zero attached hydrogens (tertiary/aromatic N) is 5. The van der Waals surface area contributed by atoms with Crippen molar-refractivity contribution in [1.82, 2.24) is 19.8 Å². The number of anilines is 1. The summed E-state index contributed by atoms with van der Waals surface area (Å²) in [5.41, 5.74) is 0.696. The molecule has 1 saturated carbocycles. The third-order valence-electron chi connectivity index (χ3n) is 3.48. The number of carboxylic acids is 1. The Balaban J connectivity index is 1.97. The summed E-state index contributed by atoms with van der Waals surface area (Å²) in [5.74, 6) is 1.62. The van der Waals surface area contributed by atoms with Crippen LogP contribution in [0.2, 0.25) is 0 Å². The van der Waals surface area contributed by atoms with Crippen molar-refractivity contribution in [3.8, 4) is 0 Å². The first-order chi connectivity index (χ1) is 9.06. The fourth-order valence-corrected chi connectivity index (χ4v) is 2.20. The van der Waals surface area contributed by atoms with Crippen LogP contribution in [0.25, 0.3) is 5.65 Å². The lowest BCUT2D eigenvalue weighted by Gasteiger charge is -2.15. The summed E-state index contributed by atoms with van der Waals surface area (Å²) in [4.78, 5) is 12.3. The second-order valence-corrected chi connectivity index (χ2v) is 5.09. The van der Waals surface area contributed by atoms with Gasteiger partial charge >= 0.3 is 5.97 Å². The number of aromatic nitrogens is 4. The predicted octanol–water partition coefficient (Wildman–Crippen LogP) is 0.768. The van der Waals surface area contributed by atoms with Gasteiger partial charge in [0, 0.05) is 13.0 Å². The average molecular weight is 261 g/mol. The molecule has 7 heteroatoms. The number of aliphatic carboxylic acids is 1. The summed E-state index contributed by atoms with van der Waals surface area (Å²) >= 11 is 0. The molecule has 0 aromatic carbocycles. The van der Waals surface area contributed by atoms with E-state index in [9.17, 15) is 4.79 Å². The maximum absolute atomic E-state index is 10.7. The first-order valence-electron chi connectivity index (χ1n) is 6.21. The molecule has 1 aliphatic rings. The highest BCUT2D eigenvalue weighted by atomic mass is 16.4. The van der Waals surface area contributed by atoms with Crippen molar-refractivity contribution in [2.24, 2.45) is 5.92 Å². The maximum atomic E-state index is 10.7. The second-order valence-electron chi connectivity index (χ2n) is 5.09. The van der Waals surface area contributed by atoms with Crippen molar-refractivity contribution in [2.45, 2.75) is 19.3 Å². The van der Waals surface area contributed by atoms with E-state index in [-0.39, 0.29) is 6.54 Å². The fraction of sp³-hybridized carbons (Fsp3) is 0.500. The van der Waals surface area contributed by atoms with Crippen LogP contribution >= 0.6 is 0 Å². The molecule has 100 valence electrons. The Kier molecular flexibility index (Phi) is 2.62. The highest BCUT2D eigenvalue weighted by molar-refractivity contribution is 5.72. The number of hydrogen-bond acceptors (Lipinski definition) is 5. The van der Waals surface area contributed by atoms with Gasteiger partial charge < -0.3 is 10.0 Å². The number of carbonyl (C=O) groups is 1. The van der Waals surface area contributed by atoms with Crippen LogP contribution in [0.15, 0.2) is 12.1 Å². The minimum Gasteiger partial charge on any atom is -0.480 e. The molecule has 19 heavy (non-hydrogen) atoms. The van der Waals surface area contributed by atoms with Gasteiger partial charge in [-0.3, -0.25) is 4.79 Å². The van der Waals surface area contributed by atoms with Gasteiger partial charge in [-0.1, -0.05) is 6.92 Å². The number of rotatable bonds is 4. The van der Waals surface area contributed by atoms with E-state index in [2.05, 4.69) is 22.2 Å². The highest BCUT2D eigenvalue weighted by Gasteiger charge is 2.38. The Labute approximate surface area is 109 Å². The van der Waals surface area contributed by atoms with Gasteiger partial charge in [-0.15, -0.1) is 15.3 Å². The minimum atomic E-state index is -0.885. The van der Waals surface area contributed by atoms with E-state index in [1.165, 1.54) is 0 Å². The van der Waals surface area contributed by atoms with Gasteiger partial charge in [-0.25, -0.2) is 0 Å². The van der Waals surface area contributed by atoms with E-state index in [1.807, 2.05) is 6.07 Å². The number of likely N-dealkylation sites (N-methyl/N-ethyl adjacent to an activating group) is 1. The van der Waals surface area contributed by atoms with Gasteiger partial charge in [0.25, 0.3) is 0 Å². The topological polar surface area (TPSA) is 83.6 Å². The molecule has 2 atom stereocenters. The Bertz CT molecular complexity index is 638. The smallest absolute Gasteiger partial charge is 0.323 e. The molecule has 0 saturated heterocycles. The molecule has 0 amide bonds. The molecule has 0 bridgehead atoms. The zero-order chi connectivity index (χ0) is 13.6. The molecule has 0 radical (unpaired) electrons. The summed E-state index contributed by atoms with van der Waals surface area (Å²) in [6.07, 6.45) is 1.11. The van der Waals surface area contributed by atoms with Crippen molar-refractivity contribution < 1.29 is 9.90 Å². The number of fused-ring (bicyclic) bond motifs is 1. The van der Waals surface area contributed by atoms with Gasteiger partial charge in [-0.2, -0.15) is 4.52 Å². The number of hydrogen-bond donors (Lipinski definition) is 1.